The number of pyridine rings is 1. The highest BCUT2D eigenvalue weighted by Gasteiger charge is 2.10. The molecule has 2 heterocycles. The summed E-state index contributed by atoms with van der Waals surface area (Å²) in [5, 5.41) is 4.80. The number of methoxy groups -OCH3 is 1. The first-order valence-electron chi connectivity index (χ1n) is 5.92. The number of para-hydroxylation sites is 1. The van der Waals surface area contributed by atoms with Crippen LogP contribution in [-0.4, -0.2) is 23.0 Å². The second-order valence-electron chi connectivity index (χ2n) is 4.06. The van der Waals surface area contributed by atoms with Crippen molar-refractivity contribution in [3.63, 3.8) is 0 Å². The summed E-state index contributed by atoms with van der Waals surface area (Å²) >= 11 is 1.24. The molecular weight excluding hydrogens is 274 g/mol. The SMILES string of the molecule is COC(=O)c1cnc(Nc2cnc3ccccc3c2)s1. The summed E-state index contributed by atoms with van der Waals surface area (Å²) in [5.41, 5.74) is 1.77. The van der Waals surface area contributed by atoms with Crippen LogP contribution in [0.3, 0.4) is 0 Å². The van der Waals surface area contributed by atoms with Crippen molar-refractivity contribution < 1.29 is 9.53 Å². The molecule has 3 aromatic rings. The van der Waals surface area contributed by atoms with Crippen molar-refractivity contribution >= 4 is 39.0 Å². The van der Waals surface area contributed by atoms with Gasteiger partial charge in [-0.3, -0.25) is 4.98 Å². The van der Waals surface area contributed by atoms with Crippen molar-refractivity contribution in [2.24, 2.45) is 0 Å². The van der Waals surface area contributed by atoms with Crippen molar-refractivity contribution in [2.75, 3.05) is 12.4 Å². The fourth-order valence-corrected chi connectivity index (χ4v) is 2.54. The van der Waals surface area contributed by atoms with Crippen LogP contribution >= 0.6 is 11.3 Å². The van der Waals surface area contributed by atoms with E-state index in [0.29, 0.717) is 10.0 Å². The lowest BCUT2D eigenvalue weighted by Gasteiger charge is -2.03. The third-order valence-corrected chi connectivity index (χ3v) is 3.63. The molecule has 1 aromatic carbocycles. The first kappa shape index (κ1) is 12.6. The van der Waals surface area contributed by atoms with E-state index in [-0.39, 0.29) is 5.97 Å². The molecule has 0 unspecified atom stereocenters. The third-order valence-electron chi connectivity index (χ3n) is 2.73. The van der Waals surface area contributed by atoms with Gasteiger partial charge < -0.3 is 10.1 Å². The molecule has 0 aliphatic carbocycles. The molecule has 100 valence electrons. The normalized spacial score (nSPS) is 10.4. The number of nitrogens with zero attached hydrogens (tertiary/aromatic N) is 2. The fourth-order valence-electron chi connectivity index (χ4n) is 1.79. The van der Waals surface area contributed by atoms with Crippen LogP contribution in [0.25, 0.3) is 10.9 Å². The van der Waals surface area contributed by atoms with E-state index in [2.05, 4.69) is 20.0 Å². The fraction of sp³-hybridized carbons (Fsp3) is 0.0714. The maximum absolute atomic E-state index is 11.4. The van der Waals surface area contributed by atoms with Crippen LogP contribution in [0.4, 0.5) is 10.8 Å². The van der Waals surface area contributed by atoms with E-state index in [9.17, 15) is 4.79 Å². The van der Waals surface area contributed by atoms with Gasteiger partial charge in [-0.2, -0.15) is 0 Å². The molecule has 0 aliphatic heterocycles. The number of hydrogen-bond acceptors (Lipinski definition) is 6. The molecule has 20 heavy (non-hydrogen) atoms. The molecule has 0 spiro atoms. The van der Waals surface area contributed by atoms with Gasteiger partial charge in [0.25, 0.3) is 0 Å². The maximum atomic E-state index is 11.4. The van der Waals surface area contributed by atoms with E-state index in [1.807, 2.05) is 30.3 Å². The van der Waals surface area contributed by atoms with E-state index in [1.165, 1.54) is 24.6 Å². The van der Waals surface area contributed by atoms with E-state index in [1.54, 1.807) is 6.20 Å². The average Bonchev–Trinajstić information content (AvgIpc) is 2.95. The molecule has 0 radical (unpaired) electrons. The van der Waals surface area contributed by atoms with Gasteiger partial charge in [0.15, 0.2) is 5.13 Å². The predicted octanol–water partition coefficient (Wildman–Crippen LogP) is 3.22. The zero-order chi connectivity index (χ0) is 13.9. The standard InChI is InChI=1S/C14H11N3O2S/c1-19-13(18)12-8-16-14(20-12)17-10-6-9-4-2-3-5-11(9)15-7-10/h2-8H,1H3,(H,16,17). The smallest absolute Gasteiger partial charge is 0.349 e. The third kappa shape index (κ3) is 2.46. The quantitative estimate of drug-likeness (QED) is 0.748. The highest BCUT2D eigenvalue weighted by Crippen LogP contribution is 2.24. The molecule has 2 aromatic heterocycles. The number of carbonyl (C=O) groups excluding carboxylic acids is 1. The van der Waals surface area contributed by atoms with E-state index in [4.69, 9.17) is 0 Å². The highest BCUT2D eigenvalue weighted by molar-refractivity contribution is 7.17. The summed E-state index contributed by atoms with van der Waals surface area (Å²) in [7, 11) is 1.35. The van der Waals surface area contributed by atoms with Gasteiger partial charge in [0, 0.05) is 5.39 Å². The number of benzene rings is 1. The minimum atomic E-state index is -0.382. The Bertz CT molecular complexity index is 770. The lowest BCUT2D eigenvalue weighted by molar-refractivity contribution is 0.0606. The Morgan fingerprint density at radius 2 is 2.10 bits per heavy atom. The van der Waals surface area contributed by atoms with Gasteiger partial charge in [-0.1, -0.05) is 29.5 Å². The Kier molecular flexibility index (Phi) is 3.30. The second-order valence-corrected chi connectivity index (χ2v) is 5.09. The molecular formula is C14H11N3O2S. The van der Waals surface area contributed by atoms with Crippen molar-refractivity contribution in [2.45, 2.75) is 0 Å². The lowest BCUT2D eigenvalue weighted by Crippen LogP contribution is -1.96. The molecule has 0 fully saturated rings. The molecule has 0 saturated carbocycles. The number of esters is 1. The van der Waals surface area contributed by atoms with Crippen LogP contribution < -0.4 is 5.32 Å². The summed E-state index contributed by atoms with van der Waals surface area (Å²) in [5.74, 6) is -0.382. The van der Waals surface area contributed by atoms with Gasteiger partial charge in [-0.25, -0.2) is 9.78 Å². The summed E-state index contributed by atoms with van der Waals surface area (Å²) in [6, 6.07) is 9.85. The number of ether oxygens (including phenoxy) is 1. The monoisotopic (exact) mass is 285 g/mol. The highest BCUT2D eigenvalue weighted by atomic mass is 32.1. The van der Waals surface area contributed by atoms with Crippen molar-refractivity contribution in [1.29, 1.82) is 0 Å². The number of rotatable bonds is 3. The molecule has 0 atom stereocenters. The lowest BCUT2D eigenvalue weighted by atomic mass is 10.2. The number of aromatic nitrogens is 2. The van der Waals surface area contributed by atoms with Crippen LogP contribution in [0.1, 0.15) is 9.67 Å². The van der Waals surface area contributed by atoms with Crippen LogP contribution in [0.15, 0.2) is 42.7 Å². The maximum Gasteiger partial charge on any atom is 0.349 e. The van der Waals surface area contributed by atoms with E-state index < -0.39 is 0 Å². The molecule has 0 bridgehead atoms. The number of carbonyl (C=O) groups is 1. The van der Waals surface area contributed by atoms with Crippen LogP contribution in [0.2, 0.25) is 0 Å². The molecule has 0 aliphatic rings. The second kappa shape index (κ2) is 5.26. The molecule has 3 rings (SSSR count). The van der Waals surface area contributed by atoms with Gasteiger partial charge in [-0.15, -0.1) is 0 Å². The Balaban J connectivity index is 1.85. The van der Waals surface area contributed by atoms with Crippen LogP contribution in [-0.2, 0) is 4.74 Å². The van der Waals surface area contributed by atoms with Crippen LogP contribution in [0, 0.1) is 0 Å². The molecule has 6 heteroatoms. The summed E-state index contributed by atoms with van der Waals surface area (Å²) in [6.07, 6.45) is 3.23. The Morgan fingerprint density at radius 1 is 1.25 bits per heavy atom. The van der Waals surface area contributed by atoms with Crippen LogP contribution in [0.5, 0.6) is 0 Å². The van der Waals surface area contributed by atoms with Crippen molar-refractivity contribution in [3.05, 3.63) is 47.6 Å². The number of anilines is 2. The minimum absolute atomic E-state index is 0.382. The zero-order valence-electron chi connectivity index (χ0n) is 10.7. The minimum Gasteiger partial charge on any atom is -0.465 e. The van der Waals surface area contributed by atoms with Gasteiger partial charge in [0.1, 0.15) is 4.88 Å². The van der Waals surface area contributed by atoms with E-state index in [0.717, 1.165) is 16.6 Å². The topological polar surface area (TPSA) is 64.1 Å². The number of nitrogens with one attached hydrogen (secondary N) is 1. The molecule has 1 N–H and O–H groups in total. The summed E-state index contributed by atoms with van der Waals surface area (Å²) in [6.45, 7) is 0. The Morgan fingerprint density at radius 3 is 2.95 bits per heavy atom. The predicted molar refractivity (Wildman–Crippen MR) is 78.5 cm³/mol. The zero-order valence-corrected chi connectivity index (χ0v) is 11.5. The number of fused-ring (bicyclic) bond motifs is 1. The Labute approximate surface area is 119 Å². The average molecular weight is 285 g/mol. The first-order chi connectivity index (χ1) is 9.76. The first-order valence-corrected chi connectivity index (χ1v) is 6.74. The number of hydrogen-bond donors (Lipinski definition) is 1. The van der Waals surface area contributed by atoms with E-state index >= 15 is 0 Å². The summed E-state index contributed by atoms with van der Waals surface area (Å²) < 4.78 is 4.65. The van der Waals surface area contributed by atoms with Gasteiger partial charge in [0.2, 0.25) is 0 Å². The molecule has 0 saturated heterocycles. The van der Waals surface area contributed by atoms with Gasteiger partial charge in [-0.05, 0) is 12.1 Å². The van der Waals surface area contributed by atoms with Crippen molar-refractivity contribution in [1.82, 2.24) is 9.97 Å². The van der Waals surface area contributed by atoms with Gasteiger partial charge in [0.05, 0.1) is 30.7 Å². The van der Waals surface area contributed by atoms with Crippen molar-refractivity contribution in [3.8, 4) is 0 Å². The Hall–Kier alpha value is -2.47. The number of thiazole rings is 1. The molecule has 5 nitrogen and oxygen atoms in total. The largest absolute Gasteiger partial charge is 0.465 e. The summed E-state index contributed by atoms with van der Waals surface area (Å²) in [4.78, 5) is 20.3. The molecule has 0 amide bonds. The van der Waals surface area contributed by atoms with Gasteiger partial charge >= 0.3 is 5.97 Å².